The normalized spacial score (nSPS) is 10.3. The van der Waals surface area contributed by atoms with Crippen molar-refractivity contribution in [3.8, 4) is 0 Å². The highest BCUT2D eigenvalue weighted by Crippen LogP contribution is 2.17. The highest BCUT2D eigenvalue weighted by atomic mass is 32.1. The maximum absolute atomic E-state index is 11.9. The van der Waals surface area contributed by atoms with Crippen molar-refractivity contribution in [2.24, 2.45) is 0 Å². The van der Waals surface area contributed by atoms with Crippen LogP contribution in [0, 0.1) is 6.92 Å². The molecule has 1 heterocycles. The van der Waals surface area contributed by atoms with Gasteiger partial charge in [0.1, 0.15) is 0 Å². The van der Waals surface area contributed by atoms with E-state index in [-0.39, 0.29) is 5.78 Å². The maximum atomic E-state index is 11.9. The number of aryl methyl sites for hydroxylation is 2. The zero-order chi connectivity index (χ0) is 11.4. The van der Waals surface area contributed by atoms with E-state index in [1.54, 1.807) is 11.3 Å². The van der Waals surface area contributed by atoms with Gasteiger partial charge in [-0.3, -0.25) is 4.79 Å². The van der Waals surface area contributed by atoms with Crippen LogP contribution in [0.3, 0.4) is 0 Å². The molecule has 0 saturated heterocycles. The van der Waals surface area contributed by atoms with Gasteiger partial charge in [0, 0.05) is 16.9 Å². The molecule has 0 spiro atoms. The summed E-state index contributed by atoms with van der Waals surface area (Å²) in [5.74, 6) is 0.228. The molecule has 0 saturated carbocycles. The van der Waals surface area contributed by atoms with Gasteiger partial charge in [0.05, 0.1) is 0 Å². The number of thiophene rings is 1. The molecule has 2 aromatic rings. The summed E-state index contributed by atoms with van der Waals surface area (Å²) in [6.07, 6.45) is 1.45. The summed E-state index contributed by atoms with van der Waals surface area (Å²) in [5.41, 5.74) is 2.12. The van der Waals surface area contributed by atoms with Gasteiger partial charge in [0.15, 0.2) is 5.78 Å². The Kier molecular flexibility index (Phi) is 3.52. The third-order valence-electron chi connectivity index (χ3n) is 2.68. The van der Waals surface area contributed by atoms with Crippen LogP contribution in [0.4, 0.5) is 0 Å². The molecular weight excluding hydrogens is 216 g/mol. The Bertz CT molecular complexity index is 470. The third-order valence-corrected chi connectivity index (χ3v) is 3.57. The van der Waals surface area contributed by atoms with Gasteiger partial charge in [-0.25, -0.2) is 0 Å². The van der Waals surface area contributed by atoms with Gasteiger partial charge in [-0.2, -0.15) is 0 Å². The van der Waals surface area contributed by atoms with Crippen molar-refractivity contribution in [2.45, 2.75) is 19.8 Å². The largest absolute Gasteiger partial charge is 0.294 e. The van der Waals surface area contributed by atoms with Crippen molar-refractivity contribution in [2.75, 3.05) is 0 Å². The second kappa shape index (κ2) is 5.08. The molecule has 2 heteroatoms. The minimum atomic E-state index is 0.228. The van der Waals surface area contributed by atoms with Crippen LogP contribution in [0.2, 0.25) is 0 Å². The van der Waals surface area contributed by atoms with Gasteiger partial charge >= 0.3 is 0 Å². The number of hydrogen-bond donors (Lipinski definition) is 0. The monoisotopic (exact) mass is 230 g/mol. The van der Waals surface area contributed by atoms with Gasteiger partial charge in [0.25, 0.3) is 0 Å². The number of ketones is 1. The van der Waals surface area contributed by atoms with Crippen molar-refractivity contribution in [3.05, 3.63) is 57.8 Å². The lowest BCUT2D eigenvalue weighted by Gasteiger charge is -2.00. The number of rotatable bonds is 4. The highest BCUT2D eigenvalue weighted by molar-refractivity contribution is 7.10. The summed E-state index contributed by atoms with van der Waals surface area (Å²) in [7, 11) is 0. The lowest BCUT2D eigenvalue weighted by Crippen LogP contribution is -2.00. The Morgan fingerprint density at radius 1 is 1.19 bits per heavy atom. The summed E-state index contributed by atoms with van der Waals surface area (Å²) in [5, 5.41) is 2.08. The van der Waals surface area contributed by atoms with Crippen LogP contribution >= 0.6 is 11.3 Å². The molecule has 0 aliphatic heterocycles. The third kappa shape index (κ3) is 2.58. The van der Waals surface area contributed by atoms with Crippen molar-refractivity contribution in [3.63, 3.8) is 0 Å². The van der Waals surface area contributed by atoms with E-state index in [4.69, 9.17) is 0 Å². The Morgan fingerprint density at radius 2 is 1.94 bits per heavy atom. The molecule has 1 nitrogen and oxygen atoms in total. The van der Waals surface area contributed by atoms with Crippen LogP contribution in [0.25, 0.3) is 0 Å². The molecule has 0 unspecified atom stereocenters. The molecule has 0 atom stereocenters. The van der Waals surface area contributed by atoms with Crippen LogP contribution in [-0.2, 0) is 6.42 Å². The molecule has 0 aliphatic carbocycles. The molecule has 0 bridgehead atoms. The molecule has 0 radical (unpaired) electrons. The van der Waals surface area contributed by atoms with Crippen LogP contribution in [0.15, 0.2) is 41.8 Å². The molecule has 0 fully saturated rings. The smallest absolute Gasteiger partial charge is 0.163 e. The summed E-state index contributed by atoms with van der Waals surface area (Å²) in [4.78, 5) is 13.2. The van der Waals surface area contributed by atoms with E-state index < -0.39 is 0 Å². The molecule has 82 valence electrons. The highest BCUT2D eigenvalue weighted by Gasteiger charge is 2.06. The number of benzene rings is 1. The molecule has 0 N–H and O–H groups in total. The molecular formula is C14H14OS. The van der Waals surface area contributed by atoms with Crippen molar-refractivity contribution >= 4 is 17.1 Å². The molecule has 1 aromatic heterocycles. The first-order valence-electron chi connectivity index (χ1n) is 5.38. The SMILES string of the molecule is Cc1sccc1CCC(=O)c1ccccc1. The second-order valence-corrected chi connectivity index (χ2v) is 4.91. The van der Waals surface area contributed by atoms with Gasteiger partial charge in [-0.05, 0) is 30.4 Å². The number of hydrogen-bond acceptors (Lipinski definition) is 2. The van der Waals surface area contributed by atoms with E-state index in [1.165, 1.54) is 10.4 Å². The lowest BCUT2D eigenvalue weighted by atomic mass is 10.0. The van der Waals surface area contributed by atoms with E-state index in [9.17, 15) is 4.79 Å². The Balaban J connectivity index is 1.97. The fraction of sp³-hybridized carbons (Fsp3) is 0.214. The van der Waals surface area contributed by atoms with Crippen LogP contribution in [-0.4, -0.2) is 5.78 Å². The first-order valence-corrected chi connectivity index (χ1v) is 6.26. The number of Topliss-reactive ketones (excluding diaryl/α,β-unsaturated/α-hetero) is 1. The van der Waals surface area contributed by atoms with Crippen LogP contribution < -0.4 is 0 Å². The van der Waals surface area contributed by atoms with Gasteiger partial charge in [0.2, 0.25) is 0 Å². The predicted molar refractivity (Wildman–Crippen MR) is 68.1 cm³/mol. The Labute approximate surface area is 99.8 Å². The van der Waals surface area contributed by atoms with E-state index in [2.05, 4.69) is 18.4 Å². The standard InChI is InChI=1S/C14H14OS/c1-11-12(9-10-16-11)7-8-14(15)13-5-3-2-4-6-13/h2-6,9-10H,7-8H2,1H3. The summed E-state index contributed by atoms with van der Waals surface area (Å²) in [6, 6.07) is 11.6. The fourth-order valence-corrected chi connectivity index (χ4v) is 2.45. The maximum Gasteiger partial charge on any atom is 0.163 e. The van der Waals surface area contributed by atoms with Crippen molar-refractivity contribution in [1.29, 1.82) is 0 Å². The summed E-state index contributed by atoms with van der Waals surface area (Å²) in [6.45, 7) is 2.10. The first-order chi connectivity index (χ1) is 7.77. The average molecular weight is 230 g/mol. The number of carbonyl (C=O) groups is 1. The topological polar surface area (TPSA) is 17.1 Å². The molecule has 1 aromatic carbocycles. The predicted octanol–water partition coefficient (Wildman–Crippen LogP) is 3.87. The average Bonchev–Trinajstić information content (AvgIpc) is 2.73. The van der Waals surface area contributed by atoms with Gasteiger partial charge in [-0.15, -0.1) is 11.3 Å². The molecule has 0 amide bonds. The molecule has 2 rings (SSSR count). The Hall–Kier alpha value is -1.41. The van der Waals surface area contributed by atoms with E-state index in [0.29, 0.717) is 6.42 Å². The van der Waals surface area contributed by atoms with Crippen molar-refractivity contribution in [1.82, 2.24) is 0 Å². The molecule has 0 aliphatic rings. The molecule has 16 heavy (non-hydrogen) atoms. The second-order valence-electron chi connectivity index (χ2n) is 3.79. The summed E-state index contributed by atoms with van der Waals surface area (Å²) < 4.78 is 0. The zero-order valence-corrected chi connectivity index (χ0v) is 10.1. The van der Waals surface area contributed by atoms with Crippen LogP contribution in [0.5, 0.6) is 0 Å². The fourth-order valence-electron chi connectivity index (χ4n) is 1.69. The van der Waals surface area contributed by atoms with Gasteiger partial charge in [-0.1, -0.05) is 30.3 Å². The summed E-state index contributed by atoms with van der Waals surface area (Å²) >= 11 is 1.74. The lowest BCUT2D eigenvalue weighted by molar-refractivity contribution is 0.0983. The van der Waals surface area contributed by atoms with E-state index >= 15 is 0 Å². The minimum absolute atomic E-state index is 0.228. The van der Waals surface area contributed by atoms with Crippen molar-refractivity contribution < 1.29 is 4.79 Å². The van der Waals surface area contributed by atoms with E-state index in [0.717, 1.165) is 12.0 Å². The van der Waals surface area contributed by atoms with Crippen LogP contribution in [0.1, 0.15) is 27.2 Å². The first kappa shape index (κ1) is 11.1. The number of carbonyl (C=O) groups excluding carboxylic acids is 1. The minimum Gasteiger partial charge on any atom is -0.294 e. The van der Waals surface area contributed by atoms with E-state index in [1.807, 2.05) is 30.3 Å². The Morgan fingerprint density at radius 3 is 2.56 bits per heavy atom. The zero-order valence-electron chi connectivity index (χ0n) is 9.27. The van der Waals surface area contributed by atoms with Gasteiger partial charge < -0.3 is 0 Å². The quantitative estimate of drug-likeness (QED) is 0.729.